The Morgan fingerprint density at radius 1 is 1.19 bits per heavy atom. The fourth-order valence-electron chi connectivity index (χ4n) is 2.11. The Labute approximate surface area is 121 Å². The number of nitrogens with two attached hydrogens (primary N) is 1. The third-order valence-corrected chi connectivity index (χ3v) is 3.18. The molecule has 0 bridgehead atoms. The van der Waals surface area contributed by atoms with Crippen LogP contribution in [0, 0.1) is 0 Å². The zero-order chi connectivity index (χ0) is 14.8. The molecule has 1 aliphatic rings. The second-order valence-corrected chi connectivity index (χ2v) is 4.52. The Morgan fingerprint density at radius 3 is 2.67 bits per heavy atom. The van der Waals surface area contributed by atoms with Gasteiger partial charge in [0.1, 0.15) is 11.4 Å². The van der Waals surface area contributed by atoms with E-state index in [9.17, 15) is 4.79 Å². The van der Waals surface area contributed by atoms with Crippen molar-refractivity contribution >= 4 is 17.2 Å². The van der Waals surface area contributed by atoms with Gasteiger partial charge in [-0.1, -0.05) is 0 Å². The lowest BCUT2D eigenvalue weighted by molar-refractivity contribution is 0.102. The molecule has 1 aliphatic carbocycles. The number of benzene rings is 1. The lowest BCUT2D eigenvalue weighted by Gasteiger charge is -2.13. The summed E-state index contributed by atoms with van der Waals surface area (Å²) in [6.45, 7) is 0. The third kappa shape index (κ3) is 2.41. The molecule has 5 nitrogen and oxygen atoms in total. The van der Waals surface area contributed by atoms with Gasteiger partial charge in [-0.05, 0) is 42.5 Å². The third-order valence-electron chi connectivity index (χ3n) is 3.18. The van der Waals surface area contributed by atoms with Crippen molar-refractivity contribution in [3.05, 3.63) is 65.6 Å². The summed E-state index contributed by atoms with van der Waals surface area (Å²) in [5.74, 6) is 0.495. The summed E-state index contributed by atoms with van der Waals surface area (Å²) in [5, 5.41) is 0. The van der Waals surface area contributed by atoms with Crippen molar-refractivity contribution in [2.24, 2.45) is 10.7 Å². The van der Waals surface area contributed by atoms with Crippen LogP contribution in [0.2, 0.25) is 0 Å². The Balaban J connectivity index is 2.08. The van der Waals surface area contributed by atoms with E-state index in [-0.39, 0.29) is 11.5 Å². The predicted molar refractivity (Wildman–Crippen MR) is 80.0 cm³/mol. The predicted octanol–water partition coefficient (Wildman–Crippen LogP) is 2.25. The van der Waals surface area contributed by atoms with Crippen molar-refractivity contribution in [3.8, 4) is 5.75 Å². The van der Waals surface area contributed by atoms with Gasteiger partial charge in [-0.25, -0.2) is 4.99 Å². The Kier molecular flexibility index (Phi) is 3.23. The summed E-state index contributed by atoms with van der Waals surface area (Å²) in [5.41, 5.74) is 8.30. The summed E-state index contributed by atoms with van der Waals surface area (Å²) < 4.78 is 5.11. The summed E-state index contributed by atoms with van der Waals surface area (Å²) in [7, 11) is 1.61. The van der Waals surface area contributed by atoms with Crippen molar-refractivity contribution in [2.75, 3.05) is 7.11 Å². The number of Topliss-reactive ketones (excluding diaryl/α,β-unsaturated/α-hetero) is 1. The maximum Gasteiger partial charge on any atom is 0.227 e. The van der Waals surface area contributed by atoms with Crippen molar-refractivity contribution in [1.82, 2.24) is 4.98 Å². The fourth-order valence-corrected chi connectivity index (χ4v) is 2.11. The summed E-state index contributed by atoms with van der Waals surface area (Å²) in [6.07, 6.45) is 3.15. The molecule has 0 aliphatic heterocycles. The molecule has 5 heteroatoms. The summed E-state index contributed by atoms with van der Waals surface area (Å²) >= 11 is 0. The van der Waals surface area contributed by atoms with Crippen LogP contribution >= 0.6 is 0 Å². The van der Waals surface area contributed by atoms with Gasteiger partial charge in [0.05, 0.1) is 24.2 Å². The largest absolute Gasteiger partial charge is 0.497 e. The number of nitrogens with zero attached hydrogens (tertiary/aromatic N) is 2. The van der Waals surface area contributed by atoms with Crippen LogP contribution in [0.5, 0.6) is 5.75 Å². The van der Waals surface area contributed by atoms with E-state index >= 15 is 0 Å². The van der Waals surface area contributed by atoms with Crippen molar-refractivity contribution in [3.63, 3.8) is 0 Å². The highest BCUT2D eigenvalue weighted by atomic mass is 16.5. The monoisotopic (exact) mass is 279 g/mol. The first-order chi connectivity index (χ1) is 10.2. The van der Waals surface area contributed by atoms with Gasteiger partial charge in [-0.15, -0.1) is 0 Å². The van der Waals surface area contributed by atoms with Gasteiger partial charge in [-0.2, -0.15) is 0 Å². The van der Waals surface area contributed by atoms with Gasteiger partial charge in [0, 0.05) is 11.8 Å². The molecule has 2 aromatic rings. The molecule has 0 spiro atoms. The lowest BCUT2D eigenvalue weighted by atomic mass is 9.97. The number of aromatic nitrogens is 1. The second-order valence-electron chi connectivity index (χ2n) is 4.52. The highest BCUT2D eigenvalue weighted by Gasteiger charge is 2.23. The molecule has 0 amide bonds. The quantitative estimate of drug-likeness (QED) is 0.914. The highest BCUT2D eigenvalue weighted by Crippen LogP contribution is 2.22. The molecule has 0 radical (unpaired) electrons. The lowest BCUT2D eigenvalue weighted by Crippen LogP contribution is -2.23. The number of methoxy groups -OCH3 is 1. The molecule has 2 N–H and O–H groups in total. The summed E-state index contributed by atoms with van der Waals surface area (Å²) in [6, 6.07) is 10.9. The maximum absolute atomic E-state index is 12.0. The number of ketones is 1. The molecule has 0 unspecified atom stereocenters. The van der Waals surface area contributed by atoms with E-state index in [1.54, 1.807) is 25.4 Å². The molecule has 104 valence electrons. The first-order valence-electron chi connectivity index (χ1n) is 6.39. The standard InChI is InChI=1S/C16H13N3O2/c1-21-11-6-4-10(5-7-11)19-14-9-13(17)16(20)15-12(14)3-2-8-18-15/h2-9H,17H2,1H3. The SMILES string of the molecule is COc1ccc(N=C2C=C(N)C(=O)c3ncccc32)cc1. The topological polar surface area (TPSA) is 77.6 Å². The number of ether oxygens (including phenoxy) is 1. The first-order valence-corrected chi connectivity index (χ1v) is 6.39. The van der Waals surface area contributed by atoms with Gasteiger partial charge < -0.3 is 10.5 Å². The zero-order valence-electron chi connectivity index (χ0n) is 11.4. The number of hydrogen-bond acceptors (Lipinski definition) is 5. The Hall–Kier alpha value is -2.95. The number of fused-ring (bicyclic) bond motifs is 1. The van der Waals surface area contributed by atoms with Crippen LogP contribution in [-0.4, -0.2) is 23.6 Å². The van der Waals surface area contributed by atoms with Gasteiger partial charge in [0.2, 0.25) is 5.78 Å². The molecule has 0 saturated carbocycles. The van der Waals surface area contributed by atoms with E-state index in [1.807, 2.05) is 30.3 Å². The van der Waals surface area contributed by atoms with Crippen LogP contribution in [-0.2, 0) is 0 Å². The van der Waals surface area contributed by atoms with Gasteiger partial charge in [-0.3, -0.25) is 9.78 Å². The van der Waals surface area contributed by atoms with E-state index in [1.165, 1.54) is 0 Å². The molecule has 3 rings (SSSR count). The zero-order valence-corrected chi connectivity index (χ0v) is 11.4. The van der Waals surface area contributed by atoms with E-state index in [0.29, 0.717) is 17.0 Å². The molecule has 1 aromatic carbocycles. The number of allylic oxidation sites excluding steroid dienone is 2. The first kappa shape index (κ1) is 13.1. The van der Waals surface area contributed by atoms with Crippen molar-refractivity contribution in [1.29, 1.82) is 0 Å². The number of aliphatic imine (C=N–C) groups is 1. The molecule has 0 saturated heterocycles. The maximum atomic E-state index is 12.0. The highest BCUT2D eigenvalue weighted by molar-refractivity contribution is 6.25. The van der Waals surface area contributed by atoms with Crippen LogP contribution in [0.25, 0.3) is 0 Å². The molecular formula is C16H13N3O2. The van der Waals surface area contributed by atoms with Crippen LogP contribution < -0.4 is 10.5 Å². The average molecular weight is 279 g/mol. The normalized spacial score (nSPS) is 15.6. The molecule has 21 heavy (non-hydrogen) atoms. The molecule has 0 fully saturated rings. The molecule has 0 atom stereocenters. The molecule has 1 heterocycles. The van der Waals surface area contributed by atoms with Crippen molar-refractivity contribution < 1.29 is 9.53 Å². The molecule has 1 aromatic heterocycles. The Bertz CT molecular complexity index is 761. The molecular weight excluding hydrogens is 266 g/mol. The van der Waals surface area contributed by atoms with Crippen LogP contribution in [0.1, 0.15) is 16.1 Å². The van der Waals surface area contributed by atoms with Gasteiger partial charge in [0.25, 0.3) is 0 Å². The number of carbonyl (C=O) groups excluding carboxylic acids is 1. The van der Waals surface area contributed by atoms with E-state index < -0.39 is 0 Å². The average Bonchev–Trinajstić information content (AvgIpc) is 2.53. The van der Waals surface area contributed by atoms with Crippen LogP contribution in [0.4, 0.5) is 5.69 Å². The minimum Gasteiger partial charge on any atom is -0.497 e. The number of carbonyl (C=O) groups is 1. The van der Waals surface area contributed by atoms with E-state index in [0.717, 1.165) is 11.4 Å². The minimum atomic E-state index is -0.265. The Morgan fingerprint density at radius 2 is 1.95 bits per heavy atom. The van der Waals surface area contributed by atoms with Gasteiger partial charge in [0.15, 0.2) is 0 Å². The van der Waals surface area contributed by atoms with Crippen molar-refractivity contribution in [2.45, 2.75) is 0 Å². The minimum absolute atomic E-state index is 0.147. The van der Waals surface area contributed by atoms with Gasteiger partial charge >= 0.3 is 0 Å². The second kappa shape index (κ2) is 5.20. The fraction of sp³-hybridized carbons (Fsp3) is 0.0625. The van der Waals surface area contributed by atoms with Crippen LogP contribution in [0.15, 0.2) is 59.4 Å². The smallest absolute Gasteiger partial charge is 0.227 e. The number of rotatable bonds is 2. The van der Waals surface area contributed by atoms with Crippen LogP contribution in [0.3, 0.4) is 0 Å². The van der Waals surface area contributed by atoms with E-state index in [4.69, 9.17) is 10.5 Å². The van der Waals surface area contributed by atoms with E-state index in [2.05, 4.69) is 9.98 Å². The summed E-state index contributed by atoms with van der Waals surface area (Å²) in [4.78, 5) is 20.6. The number of hydrogen-bond donors (Lipinski definition) is 1. The number of pyridine rings is 1.